The Labute approximate surface area is 96.6 Å². The van der Waals surface area contributed by atoms with Crippen molar-refractivity contribution in [3.8, 4) is 11.5 Å². The molecule has 0 saturated carbocycles. The van der Waals surface area contributed by atoms with E-state index in [2.05, 4.69) is 0 Å². The summed E-state index contributed by atoms with van der Waals surface area (Å²) in [4.78, 5) is 21.6. The van der Waals surface area contributed by atoms with Crippen molar-refractivity contribution in [2.75, 3.05) is 0 Å². The minimum atomic E-state index is -4.64. The van der Waals surface area contributed by atoms with E-state index in [-0.39, 0.29) is 15.1 Å². The van der Waals surface area contributed by atoms with Crippen molar-refractivity contribution in [2.45, 2.75) is 0 Å². The molecule has 0 bridgehead atoms. The van der Waals surface area contributed by atoms with E-state index in [1.54, 1.807) is 0 Å². The van der Waals surface area contributed by atoms with Crippen LogP contribution in [0.25, 0.3) is 0 Å². The van der Waals surface area contributed by atoms with E-state index in [0.717, 1.165) is 6.07 Å². The number of benzene rings is 1. The lowest BCUT2D eigenvalue weighted by Crippen LogP contribution is -1.73. The monoisotopic (exact) mass is 366 g/mol. The molecule has 0 spiro atoms. The van der Waals surface area contributed by atoms with Crippen LogP contribution in [0.5, 0.6) is 11.5 Å². The van der Waals surface area contributed by atoms with Crippen LogP contribution < -0.4 is 0 Å². The first-order valence-corrected chi connectivity index (χ1v) is 7.87. The third kappa shape index (κ3) is 7.54. The van der Waals surface area contributed by atoms with Crippen molar-refractivity contribution in [3.05, 3.63) is 21.8 Å². The third-order valence-corrected chi connectivity index (χ3v) is 2.96. The van der Waals surface area contributed by atoms with Gasteiger partial charge in [-0.1, -0.05) is 0 Å². The van der Waals surface area contributed by atoms with Gasteiger partial charge >= 0.3 is 27.6 Å². The molecule has 8 nitrogen and oxygen atoms in total. The SMILES string of the molecule is O=I(=O)c1ccc(O)cc1O.O=P(O)(O)O. The number of aromatic hydroxyl groups is 2. The predicted molar refractivity (Wildman–Crippen MR) is 58.1 cm³/mol. The predicted octanol–water partition coefficient (Wildman–Crippen LogP) is 0.536. The van der Waals surface area contributed by atoms with Crippen molar-refractivity contribution in [1.82, 2.24) is 0 Å². The van der Waals surface area contributed by atoms with E-state index in [4.69, 9.17) is 29.5 Å². The highest BCUT2D eigenvalue weighted by atomic mass is 127. The summed E-state index contributed by atoms with van der Waals surface area (Å²) in [5, 5.41) is 17.7. The second kappa shape index (κ2) is 6.11. The Morgan fingerprint density at radius 1 is 1.06 bits per heavy atom. The number of rotatable bonds is 1. The van der Waals surface area contributed by atoms with Gasteiger partial charge in [0.1, 0.15) is 15.1 Å². The standard InChI is InChI=1S/C6H5IO4.H3O4P/c8-4-1-2-5(7(10)11)6(9)3-4;1-5(2,3)4/h1-3,8-9H;(H3,1,2,3,4). The zero-order valence-electron chi connectivity index (χ0n) is 7.52. The van der Waals surface area contributed by atoms with Gasteiger partial charge in [0.25, 0.3) is 0 Å². The number of halogens is 1. The van der Waals surface area contributed by atoms with Gasteiger partial charge in [-0.05, 0) is 12.1 Å². The zero-order chi connectivity index (χ0) is 12.9. The quantitative estimate of drug-likeness (QED) is 0.357. The van der Waals surface area contributed by atoms with Crippen molar-refractivity contribution < 1.29 is 35.6 Å². The second-order valence-corrected chi connectivity index (χ2v) is 5.80. The molecule has 0 aliphatic rings. The molecule has 1 rings (SSSR count). The van der Waals surface area contributed by atoms with E-state index in [0.29, 0.717) is 0 Å². The van der Waals surface area contributed by atoms with Crippen molar-refractivity contribution in [3.63, 3.8) is 0 Å². The Hall–Kier alpha value is -0.740. The molecule has 0 atom stereocenters. The molecule has 1 aromatic rings. The molecule has 5 N–H and O–H groups in total. The Bertz CT molecular complexity index is 459. The second-order valence-electron chi connectivity index (χ2n) is 2.37. The number of phenols is 2. The van der Waals surface area contributed by atoms with Crippen molar-refractivity contribution in [2.24, 2.45) is 0 Å². The third-order valence-electron chi connectivity index (χ3n) is 1.10. The van der Waals surface area contributed by atoms with Gasteiger partial charge in [0.2, 0.25) is 0 Å². The van der Waals surface area contributed by atoms with Gasteiger partial charge in [-0.2, -0.15) is 0 Å². The molecule has 0 saturated heterocycles. The maximum absolute atomic E-state index is 10.4. The van der Waals surface area contributed by atoms with Gasteiger partial charge in [0, 0.05) is 6.07 Å². The van der Waals surface area contributed by atoms with Gasteiger partial charge in [-0.3, -0.25) is 0 Å². The maximum Gasteiger partial charge on any atom is 0.466 e. The molecule has 1 aromatic carbocycles. The van der Waals surface area contributed by atoms with Gasteiger partial charge in [-0.15, -0.1) is 0 Å². The molecule has 0 aliphatic carbocycles. The number of phenolic OH excluding ortho intramolecular Hbond substituents is 2. The summed E-state index contributed by atoms with van der Waals surface area (Å²) in [7, 11) is -4.64. The summed E-state index contributed by atoms with van der Waals surface area (Å²) in [6.45, 7) is 0. The Balaban J connectivity index is 0.000000385. The van der Waals surface area contributed by atoms with Crippen LogP contribution in [-0.2, 0) is 10.7 Å². The summed E-state index contributed by atoms with van der Waals surface area (Å²) in [5.74, 6) is -0.538. The molecular weight excluding hydrogens is 358 g/mol. The van der Waals surface area contributed by atoms with Crippen LogP contribution in [0, 0.1) is 3.57 Å². The molecule has 10 heteroatoms. The number of hydrogen-bond donors (Lipinski definition) is 5. The zero-order valence-corrected chi connectivity index (χ0v) is 10.6. The highest BCUT2D eigenvalue weighted by molar-refractivity contribution is 14.2. The van der Waals surface area contributed by atoms with Crippen LogP contribution in [0.4, 0.5) is 0 Å². The lowest BCUT2D eigenvalue weighted by atomic mass is 10.3. The molecule has 0 aliphatic heterocycles. The summed E-state index contributed by atoms with van der Waals surface area (Å²) < 4.78 is 29.6. The molecule has 16 heavy (non-hydrogen) atoms. The maximum atomic E-state index is 10.4. The van der Waals surface area contributed by atoms with Crippen molar-refractivity contribution in [1.29, 1.82) is 0 Å². The van der Waals surface area contributed by atoms with E-state index in [1.807, 2.05) is 0 Å². The molecule has 0 aromatic heterocycles. The number of hydrogen-bond acceptors (Lipinski definition) is 5. The molecular formula is C6H8IO8P. The van der Waals surface area contributed by atoms with Gasteiger partial charge in [-0.25, -0.2) is 10.7 Å². The Morgan fingerprint density at radius 3 is 1.81 bits per heavy atom. The summed E-state index contributed by atoms with van der Waals surface area (Å²) in [6, 6.07) is 3.39. The topological polar surface area (TPSA) is 152 Å². The lowest BCUT2D eigenvalue weighted by molar-refractivity contribution is 0.275. The average Bonchev–Trinajstić information content (AvgIpc) is 1.99. The van der Waals surface area contributed by atoms with E-state index < -0.39 is 27.6 Å². The van der Waals surface area contributed by atoms with Gasteiger partial charge < -0.3 is 24.9 Å². The average molecular weight is 366 g/mol. The normalized spacial score (nSPS) is 10.8. The first-order chi connectivity index (χ1) is 7.11. The summed E-state index contributed by atoms with van der Waals surface area (Å²) in [6.07, 6.45) is 0. The number of phosphoric acid groups is 1. The van der Waals surface area contributed by atoms with E-state index >= 15 is 0 Å². The Morgan fingerprint density at radius 2 is 1.50 bits per heavy atom. The van der Waals surface area contributed by atoms with Gasteiger partial charge in [0.15, 0.2) is 0 Å². The fraction of sp³-hybridized carbons (Fsp3) is 0. The van der Waals surface area contributed by atoms with Crippen LogP contribution >= 0.6 is 27.6 Å². The minimum Gasteiger partial charge on any atom is -0.508 e. The summed E-state index contributed by atoms with van der Waals surface area (Å²) in [5.41, 5.74) is 0. The fourth-order valence-electron chi connectivity index (χ4n) is 0.632. The van der Waals surface area contributed by atoms with Gasteiger partial charge in [0.05, 0.1) is 0 Å². The molecule has 0 fully saturated rings. The Kier molecular flexibility index (Phi) is 5.83. The molecule has 0 amide bonds. The molecule has 0 unspecified atom stereocenters. The van der Waals surface area contributed by atoms with Crippen LogP contribution in [0.2, 0.25) is 0 Å². The molecule has 0 heterocycles. The lowest BCUT2D eigenvalue weighted by Gasteiger charge is -1.94. The minimum absolute atomic E-state index is 0.0907. The van der Waals surface area contributed by atoms with Crippen LogP contribution in [-0.4, -0.2) is 24.9 Å². The smallest absolute Gasteiger partial charge is 0.466 e. The van der Waals surface area contributed by atoms with E-state index in [9.17, 15) is 6.14 Å². The first kappa shape index (κ1) is 15.3. The molecule has 92 valence electrons. The largest absolute Gasteiger partial charge is 0.508 e. The molecule has 0 radical (unpaired) electrons. The highest BCUT2D eigenvalue weighted by Gasteiger charge is 2.05. The van der Waals surface area contributed by atoms with E-state index in [1.165, 1.54) is 12.1 Å². The van der Waals surface area contributed by atoms with Crippen LogP contribution in [0.1, 0.15) is 0 Å². The van der Waals surface area contributed by atoms with Crippen molar-refractivity contribution >= 4 is 27.6 Å². The first-order valence-electron chi connectivity index (χ1n) is 3.47. The highest BCUT2D eigenvalue weighted by Crippen LogP contribution is 2.29. The fourth-order valence-corrected chi connectivity index (χ4v) is 1.71. The van der Waals surface area contributed by atoms with Crippen LogP contribution in [0.3, 0.4) is 0 Å². The summed E-state index contributed by atoms with van der Waals surface area (Å²) >= 11 is -3.61. The van der Waals surface area contributed by atoms with Crippen LogP contribution in [0.15, 0.2) is 18.2 Å².